The largest absolute Gasteiger partial charge is 0.274 e. The summed E-state index contributed by atoms with van der Waals surface area (Å²) in [5.74, 6) is 0. The lowest BCUT2D eigenvalue weighted by Gasteiger charge is -2.12. The van der Waals surface area contributed by atoms with Gasteiger partial charge in [0, 0.05) is 23.2 Å². The molecule has 7 aromatic rings. The highest BCUT2D eigenvalue weighted by Gasteiger charge is 2.29. The number of benzene rings is 3. The summed E-state index contributed by atoms with van der Waals surface area (Å²) in [6.45, 7) is 0. The Bertz CT molecular complexity index is 2070. The van der Waals surface area contributed by atoms with Crippen molar-refractivity contribution < 1.29 is 0 Å². The SMILES string of the molecule is c1ccc2c(c1)Cc1ccc3c(c1-2)-c1cc2c(cc1C3)c1ncccc1n1c3ncccc3nc21. The van der Waals surface area contributed by atoms with Gasteiger partial charge in [0.05, 0.1) is 11.0 Å². The van der Waals surface area contributed by atoms with Gasteiger partial charge in [-0.3, -0.25) is 9.38 Å². The van der Waals surface area contributed by atoms with Gasteiger partial charge in [-0.15, -0.1) is 0 Å². The van der Waals surface area contributed by atoms with Crippen molar-refractivity contribution in [3.8, 4) is 22.3 Å². The quantitative estimate of drug-likeness (QED) is 0.243. The zero-order valence-electron chi connectivity index (χ0n) is 18.8. The predicted octanol–water partition coefficient (Wildman–Crippen LogP) is 6.73. The van der Waals surface area contributed by atoms with Crippen molar-refractivity contribution in [2.45, 2.75) is 12.8 Å². The first-order valence-electron chi connectivity index (χ1n) is 12.0. The van der Waals surface area contributed by atoms with E-state index in [0.29, 0.717) is 0 Å². The summed E-state index contributed by atoms with van der Waals surface area (Å²) in [5, 5.41) is 2.29. The number of rotatable bonds is 0. The van der Waals surface area contributed by atoms with Crippen LogP contribution in [0.5, 0.6) is 0 Å². The van der Waals surface area contributed by atoms with Crippen molar-refractivity contribution >= 4 is 38.6 Å². The third kappa shape index (κ3) is 2.15. The number of hydrogen-bond donors (Lipinski definition) is 0. The van der Waals surface area contributed by atoms with E-state index in [2.05, 4.69) is 64.0 Å². The van der Waals surface area contributed by atoms with Crippen molar-refractivity contribution in [2.75, 3.05) is 0 Å². The van der Waals surface area contributed by atoms with Crippen molar-refractivity contribution in [1.82, 2.24) is 19.4 Å². The molecule has 2 aliphatic rings. The molecule has 9 rings (SSSR count). The topological polar surface area (TPSA) is 43.1 Å². The molecule has 0 N–H and O–H groups in total. The van der Waals surface area contributed by atoms with Crippen LogP contribution in [-0.2, 0) is 12.8 Å². The van der Waals surface area contributed by atoms with Crippen LogP contribution in [0.15, 0.2) is 85.2 Å². The molecule has 0 bridgehead atoms. The number of hydrogen-bond acceptors (Lipinski definition) is 3. The number of nitrogens with zero attached hydrogens (tertiary/aromatic N) is 4. The summed E-state index contributed by atoms with van der Waals surface area (Å²) in [6.07, 6.45) is 5.68. The van der Waals surface area contributed by atoms with E-state index in [4.69, 9.17) is 9.97 Å². The van der Waals surface area contributed by atoms with Gasteiger partial charge in [-0.2, -0.15) is 0 Å². The molecule has 4 heterocycles. The molecule has 0 saturated carbocycles. The molecule has 0 amide bonds. The average Bonchev–Trinajstić information content (AvgIpc) is 3.58. The predicted molar refractivity (Wildman–Crippen MR) is 140 cm³/mol. The van der Waals surface area contributed by atoms with Gasteiger partial charge in [0.1, 0.15) is 11.2 Å². The molecule has 3 aromatic carbocycles. The minimum absolute atomic E-state index is 0.873. The molecule has 0 atom stereocenters. The first kappa shape index (κ1) is 17.8. The molecular weight excluding hydrogens is 428 g/mol. The van der Waals surface area contributed by atoms with Crippen molar-refractivity contribution in [3.63, 3.8) is 0 Å². The molecule has 0 unspecified atom stereocenters. The van der Waals surface area contributed by atoms with Gasteiger partial charge in [-0.25, -0.2) is 9.97 Å². The number of aromatic nitrogens is 4. The summed E-state index contributed by atoms with van der Waals surface area (Å²) in [4.78, 5) is 14.6. The average molecular weight is 447 g/mol. The first-order chi connectivity index (χ1) is 17.3. The Balaban J connectivity index is 1.45. The lowest BCUT2D eigenvalue weighted by Crippen LogP contribution is -1.95. The van der Waals surface area contributed by atoms with Crippen LogP contribution in [-0.4, -0.2) is 19.4 Å². The van der Waals surface area contributed by atoms with Gasteiger partial charge in [-0.05, 0) is 93.7 Å². The zero-order valence-corrected chi connectivity index (χ0v) is 18.8. The number of imidazole rings is 1. The molecule has 0 saturated heterocycles. The van der Waals surface area contributed by atoms with Crippen LogP contribution in [0.2, 0.25) is 0 Å². The standard InChI is InChI=1S/C31H18N4/c1-2-6-21-17(5-1)13-18-9-10-19-14-20-15-23-24(16-22(20)28(19)27(18)21)30-34-25-7-3-12-33-31(25)35(30)26-8-4-11-32-29(23)26/h1-12,15-16H,13-14H2. The van der Waals surface area contributed by atoms with Crippen LogP contribution in [0.4, 0.5) is 0 Å². The van der Waals surface area contributed by atoms with Gasteiger partial charge in [0.15, 0.2) is 5.65 Å². The lowest BCUT2D eigenvalue weighted by atomic mass is 9.93. The summed E-state index contributed by atoms with van der Waals surface area (Å²) in [6, 6.07) is 26.4. The highest BCUT2D eigenvalue weighted by Crippen LogP contribution is 2.50. The van der Waals surface area contributed by atoms with Crippen molar-refractivity contribution in [3.05, 3.63) is 107 Å². The highest BCUT2D eigenvalue weighted by atomic mass is 15.1. The third-order valence-electron chi connectivity index (χ3n) is 7.88. The van der Waals surface area contributed by atoms with Gasteiger partial charge in [0.2, 0.25) is 0 Å². The van der Waals surface area contributed by atoms with E-state index in [0.717, 1.165) is 51.5 Å². The molecule has 0 aliphatic heterocycles. The fourth-order valence-corrected chi connectivity index (χ4v) is 6.44. The maximum Gasteiger partial charge on any atom is 0.165 e. The number of pyridine rings is 3. The minimum atomic E-state index is 0.873. The second kappa shape index (κ2) is 6.10. The monoisotopic (exact) mass is 446 g/mol. The van der Waals surface area contributed by atoms with E-state index in [9.17, 15) is 0 Å². The molecule has 4 aromatic heterocycles. The second-order valence-corrected chi connectivity index (χ2v) is 9.69. The van der Waals surface area contributed by atoms with E-state index in [1.54, 1.807) is 0 Å². The molecule has 2 aliphatic carbocycles. The minimum Gasteiger partial charge on any atom is -0.274 e. The second-order valence-electron chi connectivity index (χ2n) is 9.69. The lowest BCUT2D eigenvalue weighted by molar-refractivity contribution is 1.23. The van der Waals surface area contributed by atoms with Crippen LogP contribution < -0.4 is 0 Å². The molecule has 0 radical (unpaired) electrons. The van der Waals surface area contributed by atoms with Crippen LogP contribution in [0.25, 0.3) is 60.9 Å². The van der Waals surface area contributed by atoms with Crippen LogP contribution in [0.3, 0.4) is 0 Å². The van der Waals surface area contributed by atoms with Gasteiger partial charge < -0.3 is 0 Å². The number of fused-ring (bicyclic) bond motifs is 15. The molecular formula is C31H18N4. The van der Waals surface area contributed by atoms with E-state index >= 15 is 0 Å². The Morgan fingerprint density at radius 1 is 0.600 bits per heavy atom. The summed E-state index contributed by atoms with van der Waals surface area (Å²) >= 11 is 0. The fraction of sp³-hybridized carbons (Fsp3) is 0.0645. The van der Waals surface area contributed by atoms with E-state index in [-0.39, 0.29) is 0 Å². The van der Waals surface area contributed by atoms with Crippen molar-refractivity contribution in [2.24, 2.45) is 0 Å². The molecule has 4 nitrogen and oxygen atoms in total. The maximum atomic E-state index is 5.06. The first-order valence-corrected chi connectivity index (χ1v) is 12.0. The smallest absolute Gasteiger partial charge is 0.165 e. The van der Waals surface area contributed by atoms with Crippen LogP contribution in [0.1, 0.15) is 22.3 Å². The maximum absolute atomic E-state index is 5.06. The third-order valence-corrected chi connectivity index (χ3v) is 7.88. The highest BCUT2D eigenvalue weighted by molar-refractivity contribution is 6.14. The van der Waals surface area contributed by atoms with E-state index in [1.165, 1.54) is 44.5 Å². The zero-order chi connectivity index (χ0) is 22.7. The fourth-order valence-electron chi connectivity index (χ4n) is 6.44. The molecule has 0 spiro atoms. The van der Waals surface area contributed by atoms with Gasteiger partial charge in [0.25, 0.3) is 0 Å². The van der Waals surface area contributed by atoms with E-state index in [1.807, 2.05) is 30.6 Å². The molecule has 35 heavy (non-hydrogen) atoms. The van der Waals surface area contributed by atoms with E-state index < -0.39 is 0 Å². The van der Waals surface area contributed by atoms with Crippen LogP contribution in [0, 0.1) is 0 Å². The molecule has 4 heteroatoms. The Kier molecular flexibility index (Phi) is 3.11. The Morgan fingerprint density at radius 3 is 2.34 bits per heavy atom. The summed E-state index contributed by atoms with van der Waals surface area (Å²) < 4.78 is 2.17. The summed E-state index contributed by atoms with van der Waals surface area (Å²) in [5.41, 5.74) is 15.9. The Morgan fingerprint density at radius 2 is 1.40 bits per heavy atom. The molecule has 162 valence electrons. The van der Waals surface area contributed by atoms with Gasteiger partial charge in [-0.1, -0.05) is 36.4 Å². The normalized spacial score (nSPS) is 13.5. The van der Waals surface area contributed by atoms with Crippen molar-refractivity contribution in [1.29, 1.82) is 0 Å². The Hall–Kier alpha value is -4.57. The van der Waals surface area contributed by atoms with Crippen LogP contribution >= 0.6 is 0 Å². The Labute approximate surface area is 200 Å². The van der Waals surface area contributed by atoms with Gasteiger partial charge >= 0.3 is 0 Å². The summed E-state index contributed by atoms with van der Waals surface area (Å²) in [7, 11) is 0. The molecule has 0 fully saturated rings.